The molecule has 0 atom stereocenters. The van der Waals surface area contributed by atoms with Crippen molar-refractivity contribution in [2.45, 2.75) is 6.18 Å². The fraction of sp³-hybridized carbons (Fsp3) is 0.200. The van der Waals surface area contributed by atoms with Crippen molar-refractivity contribution >= 4 is 35.2 Å². The first kappa shape index (κ1) is 27.2. The van der Waals surface area contributed by atoms with Crippen molar-refractivity contribution in [2.24, 2.45) is 5.73 Å². The van der Waals surface area contributed by atoms with E-state index in [0.717, 1.165) is 12.1 Å². The van der Waals surface area contributed by atoms with Crippen molar-refractivity contribution in [1.29, 1.82) is 0 Å². The minimum atomic E-state index is -4.57. The number of hydrogen-bond acceptors (Lipinski definition) is 8. The molecule has 1 fully saturated rings. The number of hydrogen-bond donors (Lipinski definition) is 4. The molecule has 1 aliphatic heterocycles. The number of halogens is 3. The Labute approximate surface area is 220 Å². The summed E-state index contributed by atoms with van der Waals surface area (Å²) >= 11 is 0. The Morgan fingerprint density at radius 1 is 0.949 bits per heavy atom. The van der Waals surface area contributed by atoms with Crippen molar-refractivity contribution in [3.05, 3.63) is 72.1 Å². The SMILES string of the molecule is NC(=O)OC(=O)c1cc(Oc2ccc(NC(=O)Nc3cc(C(F)(F)F)ccc3N3CCNCC3)cc2)ccn1. The Morgan fingerprint density at radius 2 is 1.67 bits per heavy atom. The predicted octanol–water partition coefficient (Wildman–Crippen LogP) is 4.18. The quantitative estimate of drug-likeness (QED) is 0.267. The van der Waals surface area contributed by atoms with Gasteiger partial charge in [-0.15, -0.1) is 0 Å². The van der Waals surface area contributed by atoms with Crippen LogP contribution in [0.15, 0.2) is 60.8 Å². The van der Waals surface area contributed by atoms with Crippen LogP contribution in [0.25, 0.3) is 0 Å². The second-order valence-electron chi connectivity index (χ2n) is 8.26. The van der Waals surface area contributed by atoms with Crippen molar-refractivity contribution in [2.75, 3.05) is 41.7 Å². The number of nitrogens with one attached hydrogen (secondary N) is 3. The molecule has 3 amide bonds. The number of benzene rings is 2. The zero-order chi connectivity index (χ0) is 28.0. The molecule has 5 N–H and O–H groups in total. The molecule has 0 saturated carbocycles. The highest BCUT2D eigenvalue weighted by Gasteiger charge is 2.32. The summed E-state index contributed by atoms with van der Waals surface area (Å²) in [5.74, 6) is -0.496. The molecule has 0 spiro atoms. The lowest BCUT2D eigenvalue weighted by molar-refractivity contribution is -0.137. The maximum Gasteiger partial charge on any atom is 0.416 e. The van der Waals surface area contributed by atoms with Crippen LogP contribution in [0.1, 0.15) is 16.1 Å². The average molecular weight is 544 g/mol. The summed E-state index contributed by atoms with van der Waals surface area (Å²) < 4.78 is 49.9. The molecule has 3 aromatic rings. The fourth-order valence-corrected chi connectivity index (χ4v) is 3.75. The lowest BCUT2D eigenvalue weighted by atomic mass is 10.1. The van der Waals surface area contributed by atoms with E-state index in [1.165, 1.54) is 48.7 Å². The molecule has 1 aliphatic rings. The summed E-state index contributed by atoms with van der Waals surface area (Å²) in [7, 11) is 0. The number of aromatic nitrogens is 1. The second kappa shape index (κ2) is 11.7. The van der Waals surface area contributed by atoms with E-state index in [0.29, 0.717) is 43.3 Å². The second-order valence-corrected chi connectivity index (χ2v) is 8.26. The Hall–Kier alpha value is -4.85. The van der Waals surface area contributed by atoms with E-state index < -0.39 is 29.8 Å². The van der Waals surface area contributed by atoms with E-state index in [4.69, 9.17) is 10.5 Å². The fourth-order valence-electron chi connectivity index (χ4n) is 3.75. The number of primary amides is 1. The molecule has 204 valence electrons. The smallest absolute Gasteiger partial charge is 0.416 e. The van der Waals surface area contributed by atoms with Gasteiger partial charge in [-0.3, -0.25) is 0 Å². The number of nitrogens with zero attached hydrogens (tertiary/aromatic N) is 2. The molecule has 2 aromatic carbocycles. The molecular weight excluding hydrogens is 521 g/mol. The number of alkyl halides is 3. The molecule has 14 heteroatoms. The first-order valence-electron chi connectivity index (χ1n) is 11.6. The molecular formula is C25H23F3N6O5. The number of nitrogens with two attached hydrogens (primary N) is 1. The summed E-state index contributed by atoms with van der Waals surface area (Å²) in [6.07, 6.45) is -4.56. The van der Waals surface area contributed by atoms with Crippen LogP contribution in [0.3, 0.4) is 0 Å². The van der Waals surface area contributed by atoms with Gasteiger partial charge in [0.1, 0.15) is 11.5 Å². The zero-order valence-electron chi connectivity index (χ0n) is 20.2. The molecule has 0 radical (unpaired) electrons. The number of esters is 1. The monoisotopic (exact) mass is 544 g/mol. The van der Waals surface area contributed by atoms with Gasteiger partial charge in [-0.1, -0.05) is 0 Å². The number of amides is 3. The highest BCUT2D eigenvalue weighted by molar-refractivity contribution is 6.02. The molecule has 0 bridgehead atoms. The van der Waals surface area contributed by atoms with Crippen molar-refractivity contribution in [1.82, 2.24) is 10.3 Å². The number of anilines is 3. The summed E-state index contributed by atoms with van der Waals surface area (Å²) in [4.78, 5) is 40.9. The molecule has 0 unspecified atom stereocenters. The van der Waals surface area contributed by atoms with E-state index in [2.05, 4.69) is 25.7 Å². The number of carbonyl (C=O) groups excluding carboxylic acids is 3. The topological polar surface area (TPSA) is 148 Å². The van der Waals surface area contributed by atoms with Crippen molar-refractivity contribution in [3.8, 4) is 11.5 Å². The van der Waals surface area contributed by atoms with Gasteiger partial charge in [0.25, 0.3) is 0 Å². The van der Waals surface area contributed by atoms with Gasteiger partial charge in [0, 0.05) is 44.1 Å². The van der Waals surface area contributed by atoms with Crippen LogP contribution in [0, 0.1) is 0 Å². The third kappa shape index (κ3) is 7.35. The summed E-state index contributed by atoms with van der Waals surface area (Å²) in [5, 5.41) is 8.28. The van der Waals surface area contributed by atoms with Gasteiger partial charge in [0.15, 0.2) is 5.69 Å². The molecule has 4 rings (SSSR count). The number of urea groups is 1. The van der Waals surface area contributed by atoms with Crippen LogP contribution in [0.4, 0.5) is 39.8 Å². The van der Waals surface area contributed by atoms with Gasteiger partial charge >= 0.3 is 24.3 Å². The van der Waals surface area contributed by atoms with Crippen LogP contribution < -0.4 is 31.3 Å². The molecule has 39 heavy (non-hydrogen) atoms. The van der Waals surface area contributed by atoms with Crippen LogP contribution in [-0.2, 0) is 10.9 Å². The number of ether oxygens (including phenoxy) is 2. The molecule has 11 nitrogen and oxygen atoms in total. The summed E-state index contributed by atoms with van der Waals surface area (Å²) in [6, 6.07) is 11.3. The average Bonchev–Trinajstić information content (AvgIpc) is 2.89. The van der Waals surface area contributed by atoms with Gasteiger partial charge in [-0.2, -0.15) is 13.2 Å². The third-order valence-corrected chi connectivity index (χ3v) is 5.51. The van der Waals surface area contributed by atoms with Crippen LogP contribution in [-0.4, -0.2) is 49.3 Å². The third-order valence-electron chi connectivity index (χ3n) is 5.51. The number of rotatable bonds is 6. The molecule has 1 aromatic heterocycles. The first-order chi connectivity index (χ1) is 18.6. The van der Waals surface area contributed by atoms with Crippen LogP contribution in [0.5, 0.6) is 11.5 Å². The van der Waals surface area contributed by atoms with Gasteiger partial charge in [0.2, 0.25) is 0 Å². The Morgan fingerprint density at radius 3 is 2.33 bits per heavy atom. The maximum absolute atomic E-state index is 13.3. The van der Waals surface area contributed by atoms with Gasteiger partial charge in [0.05, 0.1) is 16.9 Å². The first-order valence-corrected chi connectivity index (χ1v) is 11.6. The van der Waals surface area contributed by atoms with Gasteiger partial charge in [-0.25, -0.2) is 19.4 Å². The minimum Gasteiger partial charge on any atom is -0.457 e. The molecule has 0 aliphatic carbocycles. The van der Waals surface area contributed by atoms with Crippen molar-refractivity contribution in [3.63, 3.8) is 0 Å². The van der Waals surface area contributed by atoms with Crippen LogP contribution >= 0.6 is 0 Å². The largest absolute Gasteiger partial charge is 0.457 e. The zero-order valence-corrected chi connectivity index (χ0v) is 20.2. The van der Waals surface area contributed by atoms with E-state index >= 15 is 0 Å². The highest BCUT2D eigenvalue weighted by Crippen LogP contribution is 2.36. The Balaban J connectivity index is 1.43. The van der Waals surface area contributed by atoms with E-state index in [-0.39, 0.29) is 17.1 Å². The molecule has 1 saturated heterocycles. The normalized spacial score (nSPS) is 13.4. The van der Waals surface area contributed by atoms with E-state index in [1.807, 2.05) is 4.90 Å². The van der Waals surface area contributed by atoms with Gasteiger partial charge < -0.3 is 36.1 Å². The van der Waals surface area contributed by atoms with E-state index in [1.54, 1.807) is 0 Å². The summed E-state index contributed by atoms with van der Waals surface area (Å²) in [6.45, 7) is 2.49. The number of pyridine rings is 1. The number of carbonyl (C=O) groups is 3. The van der Waals surface area contributed by atoms with E-state index in [9.17, 15) is 27.6 Å². The standard InChI is InChI=1S/C25H23F3N6O5/c26-25(27,28)15-1-6-21(34-11-9-30-10-12-34)19(13-15)33-24(37)32-16-2-4-17(5-3-16)38-18-7-8-31-20(14-18)22(35)39-23(29)36/h1-8,13-14,30H,9-12H2,(H2,29,36)(H2,32,33,37). The van der Waals surface area contributed by atoms with Gasteiger partial charge in [-0.05, 0) is 48.5 Å². The van der Waals surface area contributed by atoms with Crippen molar-refractivity contribution < 1.29 is 37.0 Å². The lowest BCUT2D eigenvalue weighted by Gasteiger charge is -2.31. The molecule has 2 heterocycles. The minimum absolute atomic E-state index is 0.0348. The lowest BCUT2D eigenvalue weighted by Crippen LogP contribution is -2.44. The van der Waals surface area contributed by atoms with Crippen LogP contribution in [0.2, 0.25) is 0 Å². The Bertz CT molecular complexity index is 1360. The summed E-state index contributed by atoms with van der Waals surface area (Å²) in [5.41, 5.74) is 4.62. The Kier molecular flexibility index (Phi) is 8.15. The highest BCUT2D eigenvalue weighted by atomic mass is 19.4. The maximum atomic E-state index is 13.3. The predicted molar refractivity (Wildman–Crippen MR) is 135 cm³/mol. The number of piperazine rings is 1.